The molecular weight excluding hydrogens is 389 g/mol. The van der Waals surface area contributed by atoms with Gasteiger partial charge in [-0.3, -0.25) is 14.4 Å². The average molecular weight is 413 g/mol. The van der Waals surface area contributed by atoms with E-state index in [2.05, 4.69) is 16.0 Å². The van der Waals surface area contributed by atoms with E-state index in [0.717, 1.165) is 12.5 Å². The van der Waals surface area contributed by atoms with E-state index in [9.17, 15) is 18.8 Å². The van der Waals surface area contributed by atoms with Gasteiger partial charge in [-0.15, -0.1) is 0 Å². The summed E-state index contributed by atoms with van der Waals surface area (Å²) in [4.78, 5) is 36.4. The van der Waals surface area contributed by atoms with Gasteiger partial charge in [0.05, 0.1) is 12.8 Å². The molecule has 2 unspecified atom stereocenters. The topological polar surface area (TPSA) is 96.5 Å². The lowest BCUT2D eigenvalue weighted by Gasteiger charge is -2.13. The third-order valence-electron chi connectivity index (χ3n) is 4.92. The molecule has 3 rings (SSSR count). The molecule has 0 bridgehead atoms. The molecule has 8 heteroatoms. The highest BCUT2D eigenvalue weighted by Crippen LogP contribution is 2.37. The van der Waals surface area contributed by atoms with Crippen molar-refractivity contribution in [1.82, 2.24) is 5.32 Å². The highest BCUT2D eigenvalue weighted by Gasteiger charge is 2.38. The summed E-state index contributed by atoms with van der Waals surface area (Å²) in [5, 5.41) is 8.15. The number of anilines is 2. The van der Waals surface area contributed by atoms with Gasteiger partial charge < -0.3 is 20.7 Å². The molecule has 158 valence electrons. The van der Waals surface area contributed by atoms with E-state index >= 15 is 0 Å². The first-order chi connectivity index (χ1) is 14.4. The van der Waals surface area contributed by atoms with Gasteiger partial charge in [0.25, 0.3) is 5.91 Å². The Morgan fingerprint density at radius 2 is 1.90 bits per heavy atom. The summed E-state index contributed by atoms with van der Waals surface area (Å²) in [6.07, 6.45) is 1.03. The number of benzene rings is 2. The number of rotatable bonds is 8. The molecule has 3 N–H and O–H groups in total. The molecule has 1 aliphatic carbocycles. The second-order valence-electron chi connectivity index (χ2n) is 7.29. The second-order valence-corrected chi connectivity index (χ2v) is 7.29. The zero-order chi connectivity index (χ0) is 21.7. The number of amides is 3. The number of hydrogen-bond acceptors (Lipinski definition) is 4. The molecule has 7 nitrogen and oxygen atoms in total. The third kappa shape index (κ3) is 5.56. The van der Waals surface area contributed by atoms with Crippen LogP contribution in [0.15, 0.2) is 42.5 Å². The van der Waals surface area contributed by atoms with Crippen molar-refractivity contribution >= 4 is 29.1 Å². The first-order valence-corrected chi connectivity index (χ1v) is 9.70. The van der Waals surface area contributed by atoms with Gasteiger partial charge >= 0.3 is 0 Å². The van der Waals surface area contributed by atoms with Crippen LogP contribution in [-0.2, 0) is 9.59 Å². The Bertz CT molecular complexity index is 963. The van der Waals surface area contributed by atoms with Gasteiger partial charge in [0.15, 0.2) is 0 Å². The maximum absolute atomic E-state index is 13.4. The molecule has 0 spiro atoms. The van der Waals surface area contributed by atoms with Crippen molar-refractivity contribution in [3.63, 3.8) is 0 Å². The Kier molecular flexibility index (Phi) is 6.66. The van der Waals surface area contributed by atoms with Crippen molar-refractivity contribution in [1.29, 1.82) is 0 Å². The molecule has 0 saturated heterocycles. The molecule has 2 aromatic carbocycles. The Balaban J connectivity index is 1.58. The molecule has 1 fully saturated rings. The Hall–Kier alpha value is -3.42. The lowest BCUT2D eigenvalue weighted by atomic mass is 10.2. The fourth-order valence-electron chi connectivity index (χ4n) is 3.05. The summed E-state index contributed by atoms with van der Waals surface area (Å²) in [7, 11) is 1.45. The van der Waals surface area contributed by atoms with E-state index in [1.54, 1.807) is 18.2 Å². The summed E-state index contributed by atoms with van der Waals surface area (Å²) in [5.41, 5.74) is 0.949. The van der Waals surface area contributed by atoms with Gasteiger partial charge in [0.2, 0.25) is 11.8 Å². The fourth-order valence-corrected chi connectivity index (χ4v) is 3.05. The zero-order valence-corrected chi connectivity index (χ0v) is 16.8. The molecule has 2 atom stereocenters. The maximum Gasteiger partial charge on any atom is 0.255 e. The largest absolute Gasteiger partial charge is 0.495 e. The van der Waals surface area contributed by atoms with Crippen molar-refractivity contribution in [2.24, 2.45) is 11.8 Å². The molecule has 2 aromatic rings. The van der Waals surface area contributed by atoms with Gasteiger partial charge in [0, 0.05) is 30.1 Å². The van der Waals surface area contributed by atoms with Gasteiger partial charge in [0.1, 0.15) is 11.6 Å². The van der Waals surface area contributed by atoms with E-state index in [0.29, 0.717) is 23.0 Å². The van der Waals surface area contributed by atoms with Crippen LogP contribution in [-0.4, -0.2) is 31.4 Å². The number of nitrogens with one attached hydrogen (secondary N) is 3. The standard InChI is InChI=1S/C22H24FN3O4/c1-13-10-17(13)22(29)24-9-8-20(27)25-16-6-7-19(30-2)18(12-16)26-21(28)14-4-3-5-15(23)11-14/h3-7,11-13,17H,8-10H2,1-2H3,(H,24,29)(H,25,27)(H,26,28). The maximum atomic E-state index is 13.4. The van der Waals surface area contributed by atoms with E-state index in [-0.39, 0.29) is 36.3 Å². The van der Waals surface area contributed by atoms with Crippen LogP contribution >= 0.6 is 0 Å². The third-order valence-corrected chi connectivity index (χ3v) is 4.92. The van der Waals surface area contributed by atoms with E-state index < -0.39 is 11.7 Å². The molecular formula is C22H24FN3O4. The predicted octanol–water partition coefficient (Wildman–Crippen LogP) is 3.19. The molecule has 1 saturated carbocycles. The molecule has 0 heterocycles. The van der Waals surface area contributed by atoms with Crippen LogP contribution in [0.2, 0.25) is 0 Å². The summed E-state index contributed by atoms with van der Waals surface area (Å²) in [6.45, 7) is 2.28. The normalized spacial score (nSPS) is 17.0. The first kappa shape index (κ1) is 21.3. The number of methoxy groups -OCH3 is 1. The second kappa shape index (κ2) is 9.39. The number of halogens is 1. The first-order valence-electron chi connectivity index (χ1n) is 9.70. The molecule has 1 aliphatic rings. The van der Waals surface area contributed by atoms with Crippen LogP contribution in [0, 0.1) is 17.7 Å². The number of carbonyl (C=O) groups is 3. The number of hydrogen-bond donors (Lipinski definition) is 3. The minimum absolute atomic E-state index is 0.0119. The van der Waals surface area contributed by atoms with Crippen LogP contribution in [0.1, 0.15) is 30.1 Å². The fraction of sp³-hybridized carbons (Fsp3) is 0.318. The number of ether oxygens (including phenoxy) is 1. The van der Waals surface area contributed by atoms with Crippen molar-refractivity contribution in [3.8, 4) is 5.75 Å². The summed E-state index contributed by atoms with van der Waals surface area (Å²) >= 11 is 0. The lowest BCUT2D eigenvalue weighted by Crippen LogP contribution is -2.29. The molecule has 0 aromatic heterocycles. The van der Waals surface area contributed by atoms with Crippen molar-refractivity contribution in [3.05, 3.63) is 53.8 Å². The Morgan fingerprint density at radius 3 is 2.57 bits per heavy atom. The van der Waals surface area contributed by atoms with Gasteiger partial charge in [-0.05, 0) is 48.7 Å². The highest BCUT2D eigenvalue weighted by atomic mass is 19.1. The zero-order valence-electron chi connectivity index (χ0n) is 16.8. The van der Waals surface area contributed by atoms with Gasteiger partial charge in [-0.1, -0.05) is 13.0 Å². The van der Waals surface area contributed by atoms with Crippen LogP contribution in [0.4, 0.5) is 15.8 Å². The molecule has 30 heavy (non-hydrogen) atoms. The summed E-state index contributed by atoms with van der Waals surface area (Å²) in [6, 6.07) is 10.1. The van der Waals surface area contributed by atoms with Crippen LogP contribution in [0.5, 0.6) is 5.75 Å². The van der Waals surface area contributed by atoms with Crippen molar-refractivity contribution in [2.75, 3.05) is 24.3 Å². The lowest BCUT2D eigenvalue weighted by molar-refractivity contribution is -0.122. The van der Waals surface area contributed by atoms with Crippen LogP contribution in [0.25, 0.3) is 0 Å². The SMILES string of the molecule is COc1ccc(NC(=O)CCNC(=O)C2CC2C)cc1NC(=O)c1cccc(F)c1. The van der Waals surface area contributed by atoms with Crippen LogP contribution in [0.3, 0.4) is 0 Å². The minimum Gasteiger partial charge on any atom is -0.495 e. The monoisotopic (exact) mass is 413 g/mol. The Morgan fingerprint density at radius 1 is 1.13 bits per heavy atom. The average Bonchev–Trinajstić information content (AvgIpc) is 3.45. The summed E-state index contributed by atoms with van der Waals surface area (Å²) in [5.74, 6) is -0.428. The van der Waals surface area contributed by atoms with E-state index in [4.69, 9.17) is 4.74 Å². The van der Waals surface area contributed by atoms with Gasteiger partial charge in [-0.2, -0.15) is 0 Å². The summed E-state index contributed by atoms with van der Waals surface area (Å²) < 4.78 is 18.6. The van der Waals surface area contributed by atoms with Crippen molar-refractivity contribution in [2.45, 2.75) is 19.8 Å². The van der Waals surface area contributed by atoms with Crippen molar-refractivity contribution < 1.29 is 23.5 Å². The Labute approximate surface area is 174 Å². The number of carbonyl (C=O) groups excluding carboxylic acids is 3. The molecule has 3 amide bonds. The van der Waals surface area contributed by atoms with Gasteiger partial charge in [-0.25, -0.2) is 4.39 Å². The van der Waals surface area contributed by atoms with E-state index in [1.165, 1.54) is 25.3 Å². The van der Waals surface area contributed by atoms with E-state index in [1.807, 2.05) is 6.92 Å². The smallest absolute Gasteiger partial charge is 0.255 e. The quantitative estimate of drug-likeness (QED) is 0.619. The molecule has 0 aliphatic heterocycles. The van der Waals surface area contributed by atoms with Crippen LogP contribution < -0.4 is 20.7 Å². The highest BCUT2D eigenvalue weighted by molar-refractivity contribution is 6.05. The molecule has 0 radical (unpaired) electrons. The predicted molar refractivity (Wildman–Crippen MR) is 111 cm³/mol. The minimum atomic E-state index is -0.515.